The molecule has 0 radical (unpaired) electrons. The van der Waals surface area contributed by atoms with Gasteiger partial charge in [0.15, 0.2) is 0 Å². The highest BCUT2D eigenvalue weighted by molar-refractivity contribution is 9.10. The highest BCUT2D eigenvalue weighted by Gasteiger charge is 2.26. The van der Waals surface area contributed by atoms with Crippen molar-refractivity contribution >= 4 is 32.6 Å². The molecule has 0 bridgehead atoms. The van der Waals surface area contributed by atoms with E-state index in [9.17, 15) is 9.90 Å². The molecule has 5 nitrogen and oxygen atoms in total. The molecule has 138 valence electrons. The lowest BCUT2D eigenvalue weighted by Gasteiger charge is -2.14. The van der Waals surface area contributed by atoms with Gasteiger partial charge in [0.2, 0.25) is 0 Å². The lowest BCUT2D eigenvalue weighted by atomic mass is 9.93. The van der Waals surface area contributed by atoms with Gasteiger partial charge in [0.25, 0.3) is 0 Å². The van der Waals surface area contributed by atoms with Crippen LogP contribution in [-0.4, -0.2) is 10.8 Å². The zero-order valence-electron chi connectivity index (χ0n) is 15.3. The van der Waals surface area contributed by atoms with Crippen molar-refractivity contribution < 1.29 is 9.52 Å². The fourth-order valence-electron chi connectivity index (χ4n) is 3.58. The Kier molecular flexibility index (Phi) is 4.30. The van der Waals surface area contributed by atoms with Crippen LogP contribution < -0.4 is 11.1 Å². The van der Waals surface area contributed by atoms with Gasteiger partial charge in [0, 0.05) is 22.0 Å². The molecule has 0 saturated carbocycles. The molecule has 0 aliphatic carbocycles. The Labute approximate surface area is 164 Å². The predicted molar refractivity (Wildman–Crippen MR) is 110 cm³/mol. The number of benzene rings is 2. The van der Waals surface area contributed by atoms with Gasteiger partial charge < -0.3 is 14.9 Å². The Morgan fingerprint density at radius 2 is 1.89 bits per heavy atom. The number of aromatic hydroxyl groups is 1. The van der Waals surface area contributed by atoms with E-state index in [2.05, 4.69) is 38.6 Å². The molecule has 2 heterocycles. The molecule has 6 heteroatoms. The van der Waals surface area contributed by atoms with Crippen molar-refractivity contribution in [3.8, 4) is 5.75 Å². The van der Waals surface area contributed by atoms with Gasteiger partial charge in [-0.2, -0.15) is 5.10 Å². The minimum atomic E-state index is -0.373. The molecule has 0 unspecified atom stereocenters. The average Bonchev–Trinajstić information content (AvgIpc) is 3.09. The van der Waals surface area contributed by atoms with Crippen LogP contribution in [0.3, 0.4) is 0 Å². The first-order chi connectivity index (χ1) is 12.9. The van der Waals surface area contributed by atoms with E-state index in [1.54, 1.807) is 13.0 Å². The number of hydrazone groups is 1. The maximum absolute atomic E-state index is 12.0. The Bertz CT molecular complexity index is 1150. The van der Waals surface area contributed by atoms with Crippen LogP contribution in [-0.2, 0) is 0 Å². The second-order valence-corrected chi connectivity index (χ2v) is 7.84. The molecular formula is C21H19BrN2O3. The molecule has 3 aromatic rings. The second kappa shape index (κ2) is 6.53. The summed E-state index contributed by atoms with van der Waals surface area (Å²) >= 11 is 3.45. The van der Waals surface area contributed by atoms with Crippen molar-refractivity contribution in [3.05, 3.63) is 73.0 Å². The molecule has 0 fully saturated rings. The largest absolute Gasteiger partial charge is 0.506 e. The predicted octanol–water partition coefficient (Wildman–Crippen LogP) is 4.63. The van der Waals surface area contributed by atoms with Crippen LogP contribution in [0.5, 0.6) is 5.75 Å². The van der Waals surface area contributed by atoms with Crippen molar-refractivity contribution in [1.29, 1.82) is 0 Å². The van der Waals surface area contributed by atoms with E-state index in [4.69, 9.17) is 4.42 Å². The summed E-state index contributed by atoms with van der Waals surface area (Å²) in [6, 6.07) is 9.96. The smallest absolute Gasteiger partial charge is 0.339 e. The van der Waals surface area contributed by atoms with Crippen LogP contribution >= 0.6 is 15.9 Å². The molecule has 0 amide bonds. The summed E-state index contributed by atoms with van der Waals surface area (Å²) in [5, 5.41) is 16.1. The SMILES string of the molecule is Cc1cc2oc(=O)c(C)c(C)c2c(O)c1C1=NN[C@H](c2ccc(Br)cc2)C1. The van der Waals surface area contributed by atoms with Crippen LogP contribution in [0.15, 0.2) is 49.1 Å². The molecular weight excluding hydrogens is 408 g/mol. The zero-order chi connectivity index (χ0) is 19.3. The van der Waals surface area contributed by atoms with Crippen LogP contribution in [0, 0.1) is 20.8 Å². The van der Waals surface area contributed by atoms with Gasteiger partial charge in [-0.1, -0.05) is 28.1 Å². The molecule has 27 heavy (non-hydrogen) atoms. The van der Waals surface area contributed by atoms with Crippen molar-refractivity contribution in [2.45, 2.75) is 33.2 Å². The number of fused-ring (bicyclic) bond motifs is 1. The van der Waals surface area contributed by atoms with Gasteiger partial charge in [-0.05, 0) is 55.7 Å². The maximum atomic E-state index is 12.0. The molecule has 2 aromatic carbocycles. The zero-order valence-corrected chi connectivity index (χ0v) is 16.8. The van der Waals surface area contributed by atoms with Crippen molar-refractivity contribution in [2.24, 2.45) is 5.10 Å². The highest BCUT2D eigenvalue weighted by Crippen LogP contribution is 2.37. The number of hydrogen-bond acceptors (Lipinski definition) is 5. The summed E-state index contributed by atoms with van der Waals surface area (Å²) in [6.07, 6.45) is 0.663. The molecule has 0 spiro atoms. The number of halogens is 1. The number of phenolic OH excluding ortho intramolecular Hbond substituents is 1. The molecule has 4 rings (SSSR count). The molecule has 2 N–H and O–H groups in total. The van der Waals surface area contributed by atoms with Crippen LogP contribution in [0.4, 0.5) is 0 Å². The van der Waals surface area contributed by atoms with Crippen LogP contribution in [0.2, 0.25) is 0 Å². The normalized spacial score (nSPS) is 16.4. The van der Waals surface area contributed by atoms with Crippen molar-refractivity contribution in [3.63, 3.8) is 0 Å². The summed E-state index contributed by atoms with van der Waals surface area (Å²) in [5.41, 5.74) is 7.88. The Hall–Kier alpha value is -2.60. The van der Waals surface area contributed by atoms with E-state index in [0.717, 1.165) is 26.9 Å². The van der Waals surface area contributed by atoms with Gasteiger partial charge in [0.1, 0.15) is 11.3 Å². The van der Waals surface area contributed by atoms with Crippen molar-refractivity contribution in [2.75, 3.05) is 0 Å². The first kappa shape index (κ1) is 17.8. The molecule has 1 aliphatic rings. The standard InChI is InChI=1S/C21H19BrN2O3/c1-10-8-17-19(11(2)12(3)21(26)27-17)20(25)18(10)16-9-15(23-24-16)13-4-6-14(22)7-5-13/h4-8,15,23,25H,9H2,1-3H3/t15-/m0/s1. The Balaban J connectivity index is 1.78. The third-order valence-electron chi connectivity index (χ3n) is 5.22. The number of nitrogens with one attached hydrogen (secondary N) is 1. The van der Waals surface area contributed by atoms with Crippen LogP contribution in [0.25, 0.3) is 11.0 Å². The van der Waals surface area contributed by atoms with E-state index in [0.29, 0.717) is 28.5 Å². The summed E-state index contributed by atoms with van der Waals surface area (Å²) in [4.78, 5) is 12.0. The Morgan fingerprint density at radius 1 is 1.19 bits per heavy atom. The number of aryl methyl sites for hydroxylation is 2. The number of hydrogen-bond donors (Lipinski definition) is 2. The van der Waals surface area contributed by atoms with E-state index in [1.165, 1.54) is 0 Å². The lowest BCUT2D eigenvalue weighted by molar-refractivity contribution is 0.476. The molecule has 1 aromatic heterocycles. The maximum Gasteiger partial charge on any atom is 0.339 e. The fraction of sp³-hybridized carbons (Fsp3) is 0.238. The minimum Gasteiger partial charge on any atom is -0.506 e. The average molecular weight is 427 g/mol. The van der Waals surface area contributed by atoms with Gasteiger partial charge in [0.05, 0.1) is 17.1 Å². The van der Waals surface area contributed by atoms with Gasteiger partial charge in [-0.15, -0.1) is 0 Å². The number of rotatable bonds is 2. The third-order valence-corrected chi connectivity index (χ3v) is 5.75. The fourth-order valence-corrected chi connectivity index (χ4v) is 3.84. The summed E-state index contributed by atoms with van der Waals surface area (Å²) in [5.74, 6) is 0.117. The van der Waals surface area contributed by atoms with Crippen LogP contribution in [0.1, 0.15) is 40.3 Å². The van der Waals surface area contributed by atoms with E-state index in [-0.39, 0.29) is 17.4 Å². The van der Waals surface area contributed by atoms with Gasteiger partial charge in [-0.3, -0.25) is 0 Å². The quantitative estimate of drug-likeness (QED) is 0.585. The van der Waals surface area contributed by atoms with Gasteiger partial charge >= 0.3 is 5.63 Å². The first-order valence-corrected chi connectivity index (χ1v) is 9.50. The lowest BCUT2D eigenvalue weighted by Crippen LogP contribution is -2.10. The minimum absolute atomic E-state index is 0.0548. The Morgan fingerprint density at radius 3 is 2.59 bits per heavy atom. The second-order valence-electron chi connectivity index (χ2n) is 6.93. The topological polar surface area (TPSA) is 74.8 Å². The third kappa shape index (κ3) is 2.94. The molecule has 1 aliphatic heterocycles. The van der Waals surface area contributed by atoms with E-state index >= 15 is 0 Å². The van der Waals surface area contributed by atoms with Gasteiger partial charge in [-0.25, -0.2) is 4.79 Å². The van der Waals surface area contributed by atoms with E-state index < -0.39 is 0 Å². The first-order valence-electron chi connectivity index (χ1n) is 8.71. The number of nitrogens with zero attached hydrogens (tertiary/aromatic N) is 1. The summed E-state index contributed by atoms with van der Waals surface area (Å²) in [6.45, 7) is 5.42. The summed E-state index contributed by atoms with van der Waals surface area (Å²) in [7, 11) is 0. The number of phenols is 1. The highest BCUT2D eigenvalue weighted by atomic mass is 79.9. The molecule has 1 atom stereocenters. The monoisotopic (exact) mass is 426 g/mol. The summed E-state index contributed by atoms with van der Waals surface area (Å²) < 4.78 is 6.41. The van der Waals surface area contributed by atoms with Crippen molar-refractivity contribution in [1.82, 2.24) is 5.43 Å². The van der Waals surface area contributed by atoms with E-state index in [1.807, 2.05) is 26.0 Å². The molecule has 0 saturated heterocycles.